The van der Waals surface area contributed by atoms with Gasteiger partial charge in [-0.25, -0.2) is 4.98 Å². The fourth-order valence-corrected chi connectivity index (χ4v) is 2.16. The van der Waals surface area contributed by atoms with Gasteiger partial charge in [-0.15, -0.1) is 0 Å². The minimum absolute atomic E-state index is 0.140. The van der Waals surface area contributed by atoms with Gasteiger partial charge in [0.05, 0.1) is 12.6 Å². The van der Waals surface area contributed by atoms with Gasteiger partial charge in [0, 0.05) is 25.5 Å². The van der Waals surface area contributed by atoms with Gasteiger partial charge in [0.15, 0.2) is 5.82 Å². The highest BCUT2D eigenvalue weighted by atomic mass is 16.5. The van der Waals surface area contributed by atoms with E-state index in [1.807, 2.05) is 19.3 Å². The lowest BCUT2D eigenvalue weighted by Gasteiger charge is -2.30. The van der Waals surface area contributed by atoms with Crippen LogP contribution in [0.4, 0.5) is 0 Å². The van der Waals surface area contributed by atoms with Crippen molar-refractivity contribution in [2.24, 2.45) is 0 Å². The molecule has 1 aliphatic heterocycles. The normalized spacial score (nSPS) is 18.0. The van der Waals surface area contributed by atoms with Crippen LogP contribution < -0.4 is 0 Å². The fraction of sp³-hybridized carbons (Fsp3) is 0.545. The van der Waals surface area contributed by atoms with E-state index in [0.717, 1.165) is 25.5 Å². The maximum Gasteiger partial charge on any atom is 0.243 e. The zero-order chi connectivity index (χ0) is 11.8. The summed E-state index contributed by atoms with van der Waals surface area (Å²) in [6.45, 7) is 6.70. The minimum atomic E-state index is 0.140. The Morgan fingerprint density at radius 1 is 1.41 bits per heavy atom. The SMILES string of the molecule is Cc1noc(C(C)N2CCn3ccnc3C2)n1. The molecule has 0 amide bonds. The maximum absolute atomic E-state index is 5.22. The Hall–Kier alpha value is -1.69. The van der Waals surface area contributed by atoms with E-state index in [4.69, 9.17) is 4.52 Å². The lowest BCUT2D eigenvalue weighted by molar-refractivity contribution is 0.136. The van der Waals surface area contributed by atoms with E-state index in [0.29, 0.717) is 11.7 Å². The van der Waals surface area contributed by atoms with Crippen LogP contribution in [0.25, 0.3) is 0 Å². The molecular weight excluding hydrogens is 218 g/mol. The van der Waals surface area contributed by atoms with Gasteiger partial charge in [-0.1, -0.05) is 5.16 Å². The molecule has 6 heteroatoms. The summed E-state index contributed by atoms with van der Waals surface area (Å²) in [6.07, 6.45) is 3.87. The Kier molecular flexibility index (Phi) is 2.44. The monoisotopic (exact) mass is 233 g/mol. The molecule has 6 nitrogen and oxygen atoms in total. The molecule has 1 aliphatic rings. The van der Waals surface area contributed by atoms with Gasteiger partial charge >= 0.3 is 0 Å². The summed E-state index contributed by atoms with van der Waals surface area (Å²) in [5.41, 5.74) is 0. The molecule has 0 fully saturated rings. The molecule has 0 radical (unpaired) electrons. The molecule has 17 heavy (non-hydrogen) atoms. The Balaban J connectivity index is 1.78. The minimum Gasteiger partial charge on any atom is -0.338 e. The summed E-state index contributed by atoms with van der Waals surface area (Å²) < 4.78 is 7.40. The molecule has 90 valence electrons. The van der Waals surface area contributed by atoms with E-state index in [9.17, 15) is 0 Å². The number of aryl methyl sites for hydroxylation is 1. The van der Waals surface area contributed by atoms with E-state index < -0.39 is 0 Å². The van der Waals surface area contributed by atoms with E-state index in [1.54, 1.807) is 0 Å². The second-order valence-corrected chi connectivity index (χ2v) is 4.36. The van der Waals surface area contributed by atoms with Crippen LogP contribution in [0.5, 0.6) is 0 Å². The molecular formula is C11H15N5O. The van der Waals surface area contributed by atoms with Crippen LogP contribution in [0.2, 0.25) is 0 Å². The summed E-state index contributed by atoms with van der Waals surface area (Å²) >= 11 is 0. The maximum atomic E-state index is 5.22. The molecule has 0 aromatic carbocycles. The molecule has 0 N–H and O–H groups in total. The highest BCUT2D eigenvalue weighted by Crippen LogP contribution is 2.22. The zero-order valence-electron chi connectivity index (χ0n) is 10.00. The van der Waals surface area contributed by atoms with Crippen LogP contribution in [-0.2, 0) is 13.1 Å². The molecule has 2 aromatic rings. The molecule has 0 saturated carbocycles. The largest absolute Gasteiger partial charge is 0.338 e. The third kappa shape index (κ3) is 1.84. The van der Waals surface area contributed by atoms with Crippen LogP contribution in [0.1, 0.15) is 30.5 Å². The number of fused-ring (bicyclic) bond motifs is 1. The molecule has 0 spiro atoms. The smallest absolute Gasteiger partial charge is 0.243 e. The average Bonchev–Trinajstić information content (AvgIpc) is 2.95. The van der Waals surface area contributed by atoms with E-state index in [-0.39, 0.29) is 6.04 Å². The summed E-state index contributed by atoms with van der Waals surface area (Å²) in [5, 5.41) is 3.83. The van der Waals surface area contributed by atoms with Gasteiger partial charge < -0.3 is 9.09 Å². The van der Waals surface area contributed by atoms with E-state index in [1.165, 1.54) is 0 Å². The Bertz CT molecular complexity index is 517. The molecule has 1 atom stereocenters. The van der Waals surface area contributed by atoms with Crippen molar-refractivity contribution < 1.29 is 4.52 Å². The van der Waals surface area contributed by atoms with Crippen molar-refractivity contribution in [1.29, 1.82) is 0 Å². The van der Waals surface area contributed by atoms with Crippen molar-refractivity contribution in [1.82, 2.24) is 24.6 Å². The standard InChI is InChI=1S/C11H15N5O/c1-8(11-13-9(2)14-17-11)16-6-5-15-4-3-12-10(15)7-16/h3-4,8H,5-7H2,1-2H3. The molecule has 0 bridgehead atoms. The third-order valence-electron chi connectivity index (χ3n) is 3.22. The summed E-state index contributed by atoms with van der Waals surface area (Å²) in [4.78, 5) is 10.9. The molecule has 1 unspecified atom stereocenters. The van der Waals surface area contributed by atoms with Gasteiger partial charge in [0.2, 0.25) is 5.89 Å². The Morgan fingerprint density at radius 2 is 2.29 bits per heavy atom. The highest BCUT2D eigenvalue weighted by Gasteiger charge is 2.25. The van der Waals surface area contributed by atoms with Crippen LogP contribution in [0.15, 0.2) is 16.9 Å². The van der Waals surface area contributed by atoms with Crippen molar-refractivity contribution >= 4 is 0 Å². The Morgan fingerprint density at radius 3 is 3.06 bits per heavy atom. The van der Waals surface area contributed by atoms with Crippen molar-refractivity contribution in [2.45, 2.75) is 33.0 Å². The van der Waals surface area contributed by atoms with Crippen LogP contribution >= 0.6 is 0 Å². The molecule has 2 aromatic heterocycles. The van der Waals surface area contributed by atoms with Gasteiger partial charge in [0.1, 0.15) is 5.82 Å². The lowest BCUT2D eigenvalue weighted by atomic mass is 10.2. The predicted octanol–water partition coefficient (Wildman–Crippen LogP) is 1.15. The molecule has 0 saturated heterocycles. The number of hydrogen-bond acceptors (Lipinski definition) is 5. The number of hydrogen-bond donors (Lipinski definition) is 0. The van der Waals surface area contributed by atoms with Crippen molar-refractivity contribution in [3.63, 3.8) is 0 Å². The quantitative estimate of drug-likeness (QED) is 0.778. The summed E-state index contributed by atoms with van der Waals surface area (Å²) in [6, 6.07) is 0.140. The lowest BCUT2D eigenvalue weighted by Crippen LogP contribution is -2.35. The van der Waals surface area contributed by atoms with Crippen molar-refractivity contribution in [3.05, 3.63) is 29.9 Å². The number of rotatable bonds is 2. The second kappa shape index (κ2) is 3.96. The van der Waals surface area contributed by atoms with E-state index >= 15 is 0 Å². The average molecular weight is 233 g/mol. The second-order valence-electron chi connectivity index (χ2n) is 4.36. The summed E-state index contributed by atoms with van der Waals surface area (Å²) in [5.74, 6) is 2.47. The highest BCUT2D eigenvalue weighted by molar-refractivity contribution is 4.99. The van der Waals surface area contributed by atoms with Gasteiger partial charge in [-0.3, -0.25) is 4.90 Å². The number of aromatic nitrogens is 4. The van der Waals surface area contributed by atoms with Crippen LogP contribution in [0, 0.1) is 6.92 Å². The molecule has 3 heterocycles. The third-order valence-corrected chi connectivity index (χ3v) is 3.22. The first-order chi connectivity index (χ1) is 8.24. The first kappa shape index (κ1) is 10.5. The first-order valence-electron chi connectivity index (χ1n) is 5.78. The molecule has 3 rings (SSSR count). The predicted molar refractivity (Wildman–Crippen MR) is 60.1 cm³/mol. The van der Waals surface area contributed by atoms with Gasteiger partial charge in [-0.05, 0) is 13.8 Å². The number of imidazole rings is 1. The van der Waals surface area contributed by atoms with Crippen LogP contribution in [-0.4, -0.2) is 31.1 Å². The first-order valence-corrected chi connectivity index (χ1v) is 5.78. The number of nitrogens with zero attached hydrogens (tertiary/aromatic N) is 5. The topological polar surface area (TPSA) is 60.0 Å². The summed E-state index contributed by atoms with van der Waals surface area (Å²) in [7, 11) is 0. The van der Waals surface area contributed by atoms with Crippen molar-refractivity contribution in [3.8, 4) is 0 Å². The van der Waals surface area contributed by atoms with Crippen molar-refractivity contribution in [2.75, 3.05) is 6.54 Å². The zero-order valence-corrected chi connectivity index (χ0v) is 10.00. The van der Waals surface area contributed by atoms with Gasteiger partial charge in [0.25, 0.3) is 0 Å². The Labute approximate surface area is 99.3 Å². The van der Waals surface area contributed by atoms with Crippen LogP contribution in [0.3, 0.4) is 0 Å². The molecule has 0 aliphatic carbocycles. The fourth-order valence-electron chi connectivity index (χ4n) is 2.16. The van der Waals surface area contributed by atoms with E-state index in [2.05, 4.69) is 31.5 Å². The van der Waals surface area contributed by atoms with Gasteiger partial charge in [-0.2, -0.15) is 4.98 Å².